The van der Waals surface area contributed by atoms with Gasteiger partial charge in [-0.3, -0.25) is 14.2 Å². The van der Waals surface area contributed by atoms with Crippen molar-refractivity contribution in [1.29, 1.82) is 0 Å². The Kier molecular flexibility index (Phi) is 57.1. The zero-order valence-electron chi connectivity index (χ0n) is 52.1. The summed E-state index contributed by atoms with van der Waals surface area (Å²) < 4.78 is 34.1. The minimum Gasteiger partial charge on any atom is -0.756 e. The average molecular weight is 1150 g/mol. The fourth-order valence-electron chi connectivity index (χ4n) is 7.65. The molecule has 0 saturated heterocycles. The molecule has 0 amide bonds. The minimum absolute atomic E-state index is 0.0499. The highest BCUT2D eigenvalue weighted by Gasteiger charge is 2.21. The van der Waals surface area contributed by atoms with Crippen LogP contribution < -0.4 is 4.89 Å². The Labute approximate surface area is 501 Å². The van der Waals surface area contributed by atoms with Crippen molar-refractivity contribution in [1.82, 2.24) is 0 Å². The quantitative estimate of drug-likeness (QED) is 0.0195. The van der Waals surface area contributed by atoms with Crippen LogP contribution in [0.2, 0.25) is 0 Å². The number of hydrogen-bond acceptors (Lipinski definition) is 8. The summed E-state index contributed by atoms with van der Waals surface area (Å²) >= 11 is 0. The van der Waals surface area contributed by atoms with E-state index in [1.54, 1.807) is 0 Å². The predicted octanol–water partition coefficient (Wildman–Crippen LogP) is 19.7. The summed E-state index contributed by atoms with van der Waals surface area (Å²) in [7, 11) is 1.11. The highest BCUT2D eigenvalue weighted by Crippen LogP contribution is 2.38. The van der Waals surface area contributed by atoms with Crippen molar-refractivity contribution >= 4 is 19.8 Å². The first-order valence-electron chi connectivity index (χ1n) is 31.5. The van der Waals surface area contributed by atoms with Gasteiger partial charge in [0.1, 0.15) is 19.8 Å². The first-order valence-corrected chi connectivity index (χ1v) is 33.0. The van der Waals surface area contributed by atoms with Crippen molar-refractivity contribution in [2.45, 2.75) is 213 Å². The number of carbonyl (C=O) groups is 2. The number of ether oxygens (including phenoxy) is 2. The smallest absolute Gasteiger partial charge is 0.306 e. The number of rotatable bonds is 55. The van der Waals surface area contributed by atoms with Crippen LogP contribution in [0.1, 0.15) is 206 Å². The summed E-state index contributed by atoms with van der Waals surface area (Å²) in [4.78, 5) is 37.9. The molecule has 460 valence electrons. The second kappa shape index (κ2) is 60.7. The Morgan fingerprint density at radius 3 is 1.00 bits per heavy atom. The molecule has 0 aliphatic heterocycles. The third-order valence-corrected chi connectivity index (χ3v) is 13.4. The number of phosphoric acid groups is 1. The fourth-order valence-corrected chi connectivity index (χ4v) is 8.38. The number of nitrogens with zero attached hydrogens (tertiary/aromatic N) is 1. The van der Waals surface area contributed by atoms with Gasteiger partial charge in [-0.25, -0.2) is 0 Å². The summed E-state index contributed by atoms with van der Waals surface area (Å²) in [5.74, 6) is -0.907. The summed E-state index contributed by atoms with van der Waals surface area (Å²) in [6.45, 7) is 3.92. The molecule has 0 spiro atoms. The van der Waals surface area contributed by atoms with Crippen LogP contribution in [0.25, 0.3) is 0 Å². The van der Waals surface area contributed by atoms with E-state index >= 15 is 0 Å². The van der Waals surface area contributed by atoms with Crippen LogP contribution in [0.3, 0.4) is 0 Å². The number of quaternary nitrogens is 1. The molecular weight excluding hydrogens is 1040 g/mol. The van der Waals surface area contributed by atoms with E-state index in [0.717, 1.165) is 135 Å². The van der Waals surface area contributed by atoms with Crippen molar-refractivity contribution in [2.75, 3.05) is 47.5 Å². The number of carbonyl (C=O) groups excluding carboxylic acids is 2. The molecule has 0 aromatic rings. The number of unbranched alkanes of at least 4 members (excludes halogenated alkanes) is 11. The van der Waals surface area contributed by atoms with Crippen molar-refractivity contribution in [3.63, 3.8) is 0 Å². The lowest BCUT2D eigenvalue weighted by Crippen LogP contribution is -2.37. The van der Waals surface area contributed by atoms with Gasteiger partial charge in [0, 0.05) is 12.8 Å². The Morgan fingerprint density at radius 1 is 0.378 bits per heavy atom. The molecule has 0 heterocycles. The third-order valence-electron chi connectivity index (χ3n) is 12.4. The number of allylic oxidation sites excluding steroid dienone is 30. The highest BCUT2D eigenvalue weighted by atomic mass is 31.2. The maximum absolute atomic E-state index is 12.8. The van der Waals surface area contributed by atoms with Gasteiger partial charge in [-0.2, -0.15) is 0 Å². The van der Waals surface area contributed by atoms with Crippen LogP contribution in [-0.4, -0.2) is 70.0 Å². The predicted molar refractivity (Wildman–Crippen MR) is 350 cm³/mol. The number of likely N-dealkylation sites (N-methyl/N-ethyl adjacent to an activating group) is 1. The lowest BCUT2D eigenvalue weighted by Gasteiger charge is -2.28. The molecule has 0 aliphatic rings. The second-order valence-corrected chi connectivity index (χ2v) is 22.7. The molecular formula is C72H114NO8P. The Balaban J connectivity index is 4.23. The number of hydrogen-bond donors (Lipinski definition) is 0. The molecule has 0 aliphatic carbocycles. The maximum Gasteiger partial charge on any atom is 0.306 e. The molecule has 10 heteroatoms. The lowest BCUT2D eigenvalue weighted by atomic mass is 10.1. The Hall–Kier alpha value is -4.89. The topological polar surface area (TPSA) is 111 Å². The van der Waals surface area contributed by atoms with Crippen molar-refractivity contribution in [2.24, 2.45) is 0 Å². The normalized spacial score (nSPS) is 14.5. The van der Waals surface area contributed by atoms with Gasteiger partial charge in [0.2, 0.25) is 0 Å². The van der Waals surface area contributed by atoms with Crippen molar-refractivity contribution in [3.8, 4) is 0 Å². The van der Waals surface area contributed by atoms with Crippen LogP contribution in [0.5, 0.6) is 0 Å². The largest absolute Gasteiger partial charge is 0.756 e. The summed E-state index contributed by atoms with van der Waals surface area (Å²) in [5, 5.41) is 0. The van der Waals surface area contributed by atoms with Gasteiger partial charge >= 0.3 is 11.9 Å². The summed E-state index contributed by atoms with van der Waals surface area (Å²) in [5.41, 5.74) is 0. The van der Waals surface area contributed by atoms with Gasteiger partial charge in [0.25, 0.3) is 7.82 Å². The van der Waals surface area contributed by atoms with E-state index in [-0.39, 0.29) is 26.1 Å². The van der Waals surface area contributed by atoms with E-state index in [0.29, 0.717) is 23.9 Å². The van der Waals surface area contributed by atoms with Crippen LogP contribution in [0.4, 0.5) is 0 Å². The van der Waals surface area contributed by atoms with Gasteiger partial charge in [0.15, 0.2) is 6.10 Å². The first kappa shape index (κ1) is 77.1. The highest BCUT2D eigenvalue weighted by molar-refractivity contribution is 7.45. The van der Waals surface area contributed by atoms with Crippen molar-refractivity contribution < 1.29 is 42.1 Å². The van der Waals surface area contributed by atoms with E-state index < -0.39 is 32.5 Å². The maximum atomic E-state index is 12.8. The van der Waals surface area contributed by atoms with Crippen LogP contribution in [0, 0.1) is 0 Å². The van der Waals surface area contributed by atoms with Gasteiger partial charge < -0.3 is 27.9 Å². The zero-order chi connectivity index (χ0) is 59.8. The fraction of sp³-hybridized carbons (Fsp3) is 0.556. The summed E-state index contributed by atoms with van der Waals surface area (Å²) in [6, 6.07) is 0. The van der Waals surface area contributed by atoms with Crippen LogP contribution >= 0.6 is 7.82 Å². The molecule has 0 fully saturated rings. The molecule has 9 nitrogen and oxygen atoms in total. The van der Waals surface area contributed by atoms with Crippen molar-refractivity contribution in [3.05, 3.63) is 182 Å². The molecule has 0 aromatic carbocycles. The monoisotopic (exact) mass is 1150 g/mol. The van der Waals surface area contributed by atoms with E-state index in [2.05, 4.69) is 196 Å². The molecule has 0 bridgehead atoms. The average Bonchev–Trinajstić information content (AvgIpc) is 3.46. The van der Waals surface area contributed by atoms with Crippen LogP contribution in [0.15, 0.2) is 182 Å². The van der Waals surface area contributed by atoms with E-state index in [1.165, 1.54) is 32.1 Å². The number of phosphoric ester groups is 1. The SMILES string of the molecule is CC/C=C\C/C=C\C/C=C\C/C=C\C/C=C\C/C=C\C/C=C\C/C=C\C/C=C\CCCCCCCCCCCC(=O)OC(COC(=O)CCCC/C=C\C/C=C\C/C=C\C/C=C\C/C=C\C/C=C\CC)COP(=O)([O-])OCC[N+](C)(C)C. The van der Waals surface area contributed by atoms with Gasteiger partial charge in [-0.15, -0.1) is 0 Å². The van der Waals surface area contributed by atoms with Gasteiger partial charge in [-0.05, 0) is 135 Å². The van der Waals surface area contributed by atoms with Gasteiger partial charge in [0.05, 0.1) is 27.7 Å². The van der Waals surface area contributed by atoms with E-state index in [9.17, 15) is 19.0 Å². The van der Waals surface area contributed by atoms with Crippen LogP contribution in [-0.2, 0) is 32.7 Å². The molecule has 2 atom stereocenters. The minimum atomic E-state index is -4.66. The molecule has 0 rings (SSSR count). The zero-order valence-corrected chi connectivity index (χ0v) is 53.0. The Morgan fingerprint density at radius 2 is 0.659 bits per heavy atom. The van der Waals surface area contributed by atoms with Gasteiger partial charge in [-0.1, -0.05) is 241 Å². The Bertz CT molecular complexity index is 2030. The molecule has 0 aromatic heterocycles. The third kappa shape index (κ3) is 64.3. The van der Waals surface area contributed by atoms with E-state index in [4.69, 9.17) is 18.5 Å². The second-order valence-electron chi connectivity index (χ2n) is 21.3. The first-order chi connectivity index (χ1) is 40.0. The molecule has 0 N–H and O–H groups in total. The molecule has 82 heavy (non-hydrogen) atoms. The van der Waals surface area contributed by atoms with E-state index in [1.807, 2.05) is 21.1 Å². The molecule has 2 unspecified atom stereocenters. The number of esters is 2. The molecule has 0 radical (unpaired) electrons. The standard InChI is InChI=1S/C72H114NO8P/c1-6-8-10-12-14-16-18-20-22-24-26-28-29-30-31-32-33-34-35-36-37-38-39-40-41-42-43-45-47-49-51-53-55-57-59-61-63-65-72(75)81-70(69-80-82(76,77)79-67-66-73(3,4)5)68-78-71(74)64-62-60-58-56-54-52-50-48-46-44-27-25-23-21-19-17-15-13-11-9-7-2/h8-11,14-17,20-23,26-28,30-31,33-34,36-37,39-40,42-44,48,50,54,56,70H,6-7,12-13,18-19,24-25,29,32,35,38,41,45-47,49,51-53,55,57-69H2,1-5H3/b10-8-,11-9-,16-14-,17-15-,22-20-,23-21-,28-26-,31-30-,34-33-,37-36-,40-39-,43-42-,44-27-,50-48-,56-54-. The summed E-state index contributed by atoms with van der Waals surface area (Å²) in [6.07, 6.45) is 93.8. The molecule has 0 saturated carbocycles. The lowest BCUT2D eigenvalue weighted by molar-refractivity contribution is -0.870.